The molecule has 5 rings (SSSR count). The Morgan fingerprint density at radius 1 is 1.00 bits per heavy atom. The summed E-state index contributed by atoms with van der Waals surface area (Å²) >= 11 is 0. The van der Waals surface area contributed by atoms with E-state index in [4.69, 9.17) is 4.74 Å². The molecule has 1 aliphatic carbocycles. The molecule has 0 bridgehead atoms. The van der Waals surface area contributed by atoms with Gasteiger partial charge in [-0.3, -0.25) is 9.69 Å². The molecule has 1 N–H and O–H groups in total. The van der Waals surface area contributed by atoms with Crippen molar-refractivity contribution in [2.75, 3.05) is 32.8 Å². The van der Waals surface area contributed by atoms with Crippen LogP contribution in [-0.2, 0) is 16.1 Å². The van der Waals surface area contributed by atoms with Crippen molar-refractivity contribution >= 4 is 30.7 Å². The highest BCUT2D eigenvalue weighted by molar-refractivity contribution is 5.85. The van der Waals surface area contributed by atoms with E-state index in [-0.39, 0.29) is 42.9 Å². The van der Waals surface area contributed by atoms with Gasteiger partial charge in [-0.05, 0) is 62.6 Å². The predicted octanol–water partition coefficient (Wildman–Crippen LogP) is 3.64. The molecule has 4 aliphatic rings. The average molecular weight is 470 g/mol. The van der Waals surface area contributed by atoms with Gasteiger partial charge in [0.1, 0.15) is 0 Å². The number of rotatable bonds is 3. The van der Waals surface area contributed by atoms with Gasteiger partial charge in [-0.15, -0.1) is 24.8 Å². The van der Waals surface area contributed by atoms with Crippen LogP contribution >= 0.6 is 24.8 Å². The van der Waals surface area contributed by atoms with Gasteiger partial charge in [-0.1, -0.05) is 30.3 Å². The Kier molecular flexibility index (Phi) is 8.67. The minimum atomic E-state index is 0. The molecule has 1 aromatic rings. The number of halogens is 2. The third kappa shape index (κ3) is 5.39. The number of hydrogen-bond donors (Lipinski definition) is 1. The Morgan fingerprint density at radius 2 is 1.71 bits per heavy atom. The molecule has 5 nitrogen and oxygen atoms in total. The van der Waals surface area contributed by atoms with Crippen LogP contribution in [0.25, 0.3) is 0 Å². The molecule has 174 valence electrons. The van der Waals surface area contributed by atoms with E-state index >= 15 is 0 Å². The van der Waals surface area contributed by atoms with Gasteiger partial charge in [0.15, 0.2) is 0 Å². The number of ether oxygens (including phenoxy) is 1. The van der Waals surface area contributed by atoms with Gasteiger partial charge in [-0.2, -0.15) is 0 Å². The summed E-state index contributed by atoms with van der Waals surface area (Å²) in [5.74, 6) is 0.250. The second-order valence-corrected chi connectivity index (χ2v) is 9.67. The number of carbonyl (C=O) groups is 1. The maximum atomic E-state index is 12.9. The third-order valence-corrected chi connectivity index (χ3v) is 8.03. The Morgan fingerprint density at radius 3 is 2.42 bits per heavy atom. The maximum absolute atomic E-state index is 12.9. The molecule has 0 aromatic heterocycles. The van der Waals surface area contributed by atoms with Crippen LogP contribution in [0, 0.1) is 5.41 Å². The lowest BCUT2D eigenvalue weighted by molar-refractivity contribution is -0.133. The molecule has 1 spiro atoms. The van der Waals surface area contributed by atoms with Crippen LogP contribution in [0.1, 0.15) is 50.5 Å². The van der Waals surface area contributed by atoms with Gasteiger partial charge in [-0.25, -0.2) is 0 Å². The average Bonchev–Trinajstić information content (AvgIpc) is 3.11. The Hall–Kier alpha value is -0.850. The molecule has 0 unspecified atom stereocenters. The first kappa shape index (κ1) is 24.8. The molecular formula is C24H37Cl2N3O2. The zero-order valence-corrected chi connectivity index (χ0v) is 20.0. The molecule has 0 radical (unpaired) electrons. The fraction of sp³-hybridized carbons (Fsp3) is 0.708. The van der Waals surface area contributed by atoms with Crippen LogP contribution in [-0.4, -0.2) is 66.7 Å². The van der Waals surface area contributed by atoms with Gasteiger partial charge in [0.05, 0.1) is 25.2 Å². The quantitative estimate of drug-likeness (QED) is 0.733. The second-order valence-electron chi connectivity index (χ2n) is 9.67. The van der Waals surface area contributed by atoms with Gasteiger partial charge < -0.3 is 15.0 Å². The monoisotopic (exact) mass is 469 g/mol. The summed E-state index contributed by atoms with van der Waals surface area (Å²) in [7, 11) is 0. The molecule has 7 heteroatoms. The van der Waals surface area contributed by atoms with Crippen LogP contribution in [0.2, 0.25) is 0 Å². The predicted molar refractivity (Wildman–Crippen MR) is 128 cm³/mol. The minimum Gasteiger partial charge on any atom is -0.374 e. The number of nitrogens with one attached hydrogen (secondary N) is 1. The van der Waals surface area contributed by atoms with E-state index in [2.05, 4.69) is 39.4 Å². The normalized spacial score (nSPS) is 29.0. The topological polar surface area (TPSA) is 44.8 Å². The van der Waals surface area contributed by atoms with Gasteiger partial charge in [0.25, 0.3) is 0 Å². The van der Waals surface area contributed by atoms with Crippen molar-refractivity contribution in [1.82, 2.24) is 15.1 Å². The van der Waals surface area contributed by atoms with Crippen LogP contribution in [0.4, 0.5) is 0 Å². The highest BCUT2D eigenvalue weighted by Crippen LogP contribution is 2.45. The number of benzene rings is 1. The largest absolute Gasteiger partial charge is 0.374 e. The van der Waals surface area contributed by atoms with Gasteiger partial charge in [0.2, 0.25) is 5.91 Å². The number of piperidine rings is 1. The SMILES string of the molecule is Cl.Cl.O=C1CCO[C@H]2CN(C3CCC4(CCNCC4)CC3)C[C@@H]2N1Cc1ccccc1. The van der Waals surface area contributed by atoms with Crippen molar-refractivity contribution in [1.29, 1.82) is 0 Å². The molecular weight excluding hydrogens is 433 g/mol. The summed E-state index contributed by atoms with van der Waals surface area (Å²) in [6.07, 6.45) is 8.76. The first-order valence-electron chi connectivity index (χ1n) is 11.6. The first-order valence-corrected chi connectivity index (χ1v) is 11.6. The van der Waals surface area contributed by atoms with E-state index in [0.717, 1.165) is 13.1 Å². The number of nitrogens with zero attached hydrogens (tertiary/aromatic N) is 2. The summed E-state index contributed by atoms with van der Waals surface area (Å²) in [5, 5.41) is 3.53. The zero-order valence-electron chi connectivity index (χ0n) is 18.3. The Bertz CT molecular complexity index is 704. The van der Waals surface area contributed by atoms with Crippen molar-refractivity contribution in [3.05, 3.63) is 35.9 Å². The summed E-state index contributed by atoms with van der Waals surface area (Å²) in [5.41, 5.74) is 1.82. The molecule has 31 heavy (non-hydrogen) atoms. The highest BCUT2D eigenvalue weighted by atomic mass is 35.5. The lowest BCUT2D eigenvalue weighted by atomic mass is 9.67. The Balaban J connectivity index is 0.00000136. The molecule has 2 atom stereocenters. The first-order chi connectivity index (χ1) is 14.2. The van der Waals surface area contributed by atoms with Gasteiger partial charge in [0, 0.05) is 25.7 Å². The van der Waals surface area contributed by atoms with Crippen molar-refractivity contribution < 1.29 is 9.53 Å². The zero-order chi connectivity index (χ0) is 19.7. The Labute approximate surface area is 199 Å². The maximum Gasteiger partial charge on any atom is 0.225 e. The number of fused-ring (bicyclic) bond motifs is 1. The molecule has 1 amide bonds. The minimum absolute atomic E-state index is 0. The van der Waals surface area contributed by atoms with Crippen LogP contribution in [0.5, 0.6) is 0 Å². The summed E-state index contributed by atoms with van der Waals surface area (Å²) < 4.78 is 6.18. The molecule has 3 aliphatic heterocycles. The van der Waals surface area contributed by atoms with Crippen LogP contribution < -0.4 is 5.32 Å². The van der Waals surface area contributed by atoms with Crippen LogP contribution in [0.3, 0.4) is 0 Å². The number of likely N-dealkylation sites (tertiary alicyclic amines) is 1. The molecule has 1 aromatic carbocycles. The molecule has 1 saturated carbocycles. The van der Waals surface area contributed by atoms with E-state index in [9.17, 15) is 4.79 Å². The van der Waals surface area contributed by atoms with Crippen LogP contribution in [0.15, 0.2) is 30.3 Å². The lowest BCUT2D eigenvalue weighted by Gasteiger charge is -2.45. The molecule has 3 heterocycles. The molecule has 3 saturated heterocycles. The number of amides is 1. The fourth-order valence-electron chi connectivity index (χ4n) is 6.20. The lowest BCUT2D eigenvalue weighted by Crippen LogP contribution is -2.46. The van der Waals surface area contributed by atoms with Crippen molar-refractivity contribution in [2.45, 2.75) is 69.7 Å². The van der Waals surface area contributed by atoms with E-state index in [0.29, 0.717) is 31.0 Å². The van der Waals surface area contributed by atoms with E-state index < -0.39 is 0 Å². The van der Waals surface area contributed by atoms with E-state index in [1.165, 1.54) is 57.2 Å². The van der Waals surface area contributed by atoms with Crippen molar-refractivity contribution in [2.24, 2.45) is 5.41 Å². The van der Waals surface area contributed by atoms with E-state index in [1.807, 2.05) is 6.07 Å². The summed E-state index contributed by atoms with van der Waals surface area (Å²) in [6, 6.07) is 11.3. The number of hydrogen-bond acceptors (Lipinski definition) is 4. The smallest absolute Gasteiger partial charge is 0.225 e. The van der Waals surface area contributed by atoms with Crippen molar-refractivity contribution in [3.8, 4) is 0 Å². The molecule has 4 fully saturated rings. The van der Waals surface area contributed by atoms with Gasteiger partial charge >= 0.3 is 0 Å². The fourth-order valence-corrected chi connectivity index (χ4v) is 6.20. The van der Waals surface area contributed by atoms with Crippen molar-refractivity contribution in [3.63, 3.8) is 0 Å². The van der Waals surface area contributed by atoms with E-state index in [1.54, 1.807) is 0 Å². The highest BCUT2D eigenvalue weighted by Gasteiger charge is 2.45. The second kappa shape index (κ2) is 10.8. The summed E-state index contributed by atoms with van der Waals surface area (Å²) in [6.45, 7) is 5.63. The third-order valence-electron chi connectivity index (χ3n) is 8.03. The number of carbonyl (C=O) groups excluding carboxylic acids is 1. The summed E-state index contributed by atoms with van der Waals surface area (Å²) in [4.78, 5) is 17.6. The standard InChI is InChI=1S/C24H35N3O2.2ClH/c28-23-8-15-29-22-18-26(17-21(22)27(23)16-19-4-2-1-3-5-19)20-6-9-24(10-7-20)11-13-25-14-12-24;;/h1-5,20-22,25H,6-18H2;2*1H/t21-,22-;;/m0../s1.